The summed E-state index contributed by atoms with van der Waals surface area (Å²) in [5.74, 6) is 1.56. The Morgan fingerprint density at radius 3 is 2.37 bits per heavy atom. The Kier molecular flexibility index (Phi) is 5.06. The van der Waals surface area contributed by atoms with E-state index >= 15 is 0 Å². The molecule has 1 aromatic carbocycles. The number of hydrogen-bond donors (Lipinski definition) is 0. The Balaban J connectivity index is 2.17. The Morgan fingerprint density at radius 2 is 1.84 bits per heavy atom. The SMILES string of the molecule is CCC(C)c1ccc(C(Br)c2cc(OC)cs2)cc1. The van der Waals surface area contributed by atoms with Crippen LogP contribution in [0.1, 0.15) is 47.0 Å². The van der Waals surface area contributed by atoms with Crippen LogP contribution in [0.5, 0.6) is 5.75 Å². The summed E-state index contributed by atoms with van der Waals surface area (Å²) in [7, 11) is 1.70. The molecule has 1 nitrogen and oxygen atoms in total. The topological polar surface area (TPSA) is 9.23 Å². The molecule has 0 aliphatic carbocycles. The number of benzene rings is 1. The Morgan fingerprint density at radius 1 is 1.21 bits per heavy atom. The molecular formula is C16H19BrOS. The summed E-state index contributed by atoms with van der Waals surface area (Å²) in [6, 6.07) is 11.0. The fourth-order valence-corrected chi connectivity index (χ4v) is 3.59. The molecule has 2 unspecified atom stereocenters. The van der Waals surface area contributed by atoms with Gasteiger partial charge in [0.05, 0.1) is 11.9 Å². The lowest BCUT2D eigenvalue weighted by atomic mass is 9.97. The maximum atomic E-state index is 5.24. The summed E-state index contributed by atoms with van der Waals surface area (Å²) in [5, 5.41) is 2.04. The monoisotopic (exact) mass is 338 g/mol. The van der Waals surface area contributed by atoms with E-state index in [1.165, 1.54) is 22.4 Å². The van der Waals surface area contributed by atoms with E-state index in [2.05, 4.69) is 60.1 Å². The van der Waals surface area contributed by atoms with Crippen LogP contribution >= 0.6 is 27.3 Å². The number of alkyl halides is 1. The summed E-state index contributed by atoms with van der Waals surface area (Å²) in [6.07, 6.45) is 1.18. The third kappa shape index (κ3) is 3.40. The van der Waals surface area contributed by atoms with Crippen LogP contribution in [-0.2, 0) is 0 Å². The van der Waals surface area contributed by atoms with Crippen molar-refractivity contribution in [3.05, 3.63) is 51.7 Å². The van der Waals surface area contributed by atoms with Gasteiger partial charge in [-0.1, -0.05) is 54.0 Å². The third-order valence-corrected chi connectivity index (χ3v) is 5.79. The molecule has 0 fully saturated rings. The molecule has 0 bridgehead atoms. The molecule has 3 heteroatoms. The predicted octanol–water partition coefficient (Wildman–Crippen LogP) is 5.75. The minimum atomic E-state index is 0.243. The lowest BCUT2D eigenvalue weighted by molar-refractivity contribution is 0.416. The van der Waals surface area contributed by atoms with Gasteiger partial charge in [-0.3, -0.25) is 0 Å². The molecule has 2 aromatic rings. The van der Waals surface area contributed by atoms with Crippen molar-refractivity contribution in [1.82, 2.24) is 0 Å². The normalized spacial score (nSPS) is 14.1. The Hall–Kier alpha value is -0.800. The maximum Gasteiger partial charge on any atom is 0.129 e. The molecule has 1 heterocycles. The zero-order chi connectivity index (χ0) is 13.8. The minimum Gasteiger partial charge on any atom is -0.496 e. The first kappa shape index (κ1) is 14.6. The van der Waals surface area contributed by atoms with Crippen molar-refractivity contribution in [2.24, 2.45) is 0 Å². The van der Waals surface area contributed by atoms with Crippen molar-refractivity contribution in [3.63, 3.8) is 0 Å². The lowest BCUT2D eigenvalue weighted by Gasteiger charge is -2.12. The van der Waals surface area contributed by atoms with Crippen molar-refractivity contribution in [2.45, 2.75) is 31.0 Å². The fourth-order valence-electron chi connectivity index (χ4n) is 1.97. The van der Waals surface area contributed by atoms with E-state index in [1.807, 2.05) is 5.38 Å². The molecule has 2 atom stereocenters. The van der Waals surface area contributed by atoms with E-state index in [-0.39, 0.29) is 4.83 Å². The second-order valence-electron chi connectivity index (χ2n) is 4.73. The Bertz CT molecular complexity index is 518. The third-order valence-electron chi connectivity index (χ3n) is 3.49. The predicted molar refractivity (Wildman–Crippen MR) is 86.8 cm³/mol. The van der Waals surface area contributed by atoms with Crippen LogP contribution in [-0.4, -0.2) is 7.11 Å². The average molecular weight is 339 g/mol. The smallest absolute Gasteiger partial charge is 0.129 e. The lowest BCUT2D eigenvalue weighted by Crippen LogP contribution is -1.94. The Labute approximate surface area is 127 Å². The van der Waals surface area contributed by atoms with Gasteiger partial charge >= 0.3 is 0 Å². The molecule has 1 aromatic heterocycles. The second kappa shape index (κ2) is 6.58. The van der Waals surface area contributed by atoms with E-state index in [0.717, 1.165) is 5.75 Å². The molecule has 102 valence electrons. The standard InChI is InChI=1S/C16H19BrOS/c1-4-11(2)12-5-7-13(8-6-12)16(17)15-9-14(18-3)10-19-15/h5-11,16H,4H2,1-3H3. The molecule has 0 aliphatic rings. The van der Waals surface area contributed by atoms with Crippen LogP contribution in [0.15, 0.2) is 35.7 Å². The minimum absolute atomic E-state index is 0.243. The van der Waals surface area contributed by atoms with Gasteiger partial charge in [0, 0.05) is 10.3 Å². The number of ether oxygens (including phenoxy) is 1. The molecule has 0 radical (unpaired) electrons. The van der Waals surface area contributed by atoms with Crippen LogP contribution in [0.2, 0.25) is 0 Å². The van der Waals surface area contributed by atoms with Gasteiger partial charge in [-0.2, -0.15) is 0 Å². The number of hydrogen-bond acceptors (Lipinski definition) is 2. The van der Waals surface area contributed by atoms with Gasteiger partial charge in [-0.25, -0.2) is 0 Å². The first-order valence-electron chi connectivity index (χ1n) is 6.52. The maximum absolute atomic E-state index is 5.24. The van der Waals surface area contributed by atoms with Crippen molar-refractivity contribution >= 4 is 27.3 Å². The summed E-state index contributed by atoms with van der Waals surface area (Å²) in [5.41, 5.74) is 2.70. The van der Waals surface area contributed by atoms with Crippen molar-refractivity contribution in [2.75, 3.05) is 7.11 Å². The summed E-state index contributed by atoms with van der Waals surface area (Å²) < 4.78 is 5.24. The average Bonchev–Trinajstić information content (AvgIpc) is 2.94. The number of thiophene rings is 1. The van der Waals surface area contributed by atoms with E-state index in [4.69, 9.17) is 4.74 Å². The quantitative estimate of drug-likeness (QED) is 0.630. The van der Waals surface area contributed by atoms with Crippen LogP contribution < -0.4 is 4.74 Å². The summed E-state index contributed by atoms with van der Waals surface area (Å²) in [4.78, 5) is 1.51. The molecule has 0 saturated carbocycles. The highest BCUT2D eigenvalue weighted by atomic mass is 79.9. The van der Waals surface area contributed by atoms with Gasteiger partial charge in [0.2, 0.25) is 0 Å². The zero-order valence-electron chi connectivity index (χ0n) is 11.5. The van der Waals surface area contributed by atoms with Gasteiger partial charge in [-0.15, -0.1) is 11.3 Å². The van der Waals surface area contributed by atoms with E-state index in [9.17, 15) is 0 Å². The molecule has 0 N–H and O–H groups in total. The number of rotatable bonds is 5. The van der Waals surface area contributed by atoms with E-state index < -0.39 is 0 Å². The van der Waals surface area contributed by atoms with Crippen LogP contribution in [0.4, 0.5) is 0 Å². The largest absolute Gasteiger partial charge is 0.496 e. The van der Waals surface area contributed by atoms with Crippen LogP contribution in [0.3, 0.4) is 0 Å². The van der Waals surface area contributed by atoms with Crippen molar-refractivity contribution in [1.29, 1.82) is 0 Å². The zero-order valence-corrected chi connectivity index (χ0v) is 13.9. The van der Waals surface area contributed by atoms with Gasteiger partial charge in [0.1, 0.15) is 5.75 Å². The molecule has 0 amide bonds. The first-order chi connectivity index (χ1) is 9.15. The molecule has 0 aliphatic heterocycles. The van der Waals surface area contributed by atoms with E-state index in [0.29, 0.717) is 5.92 Å². The highest BCUT2D eigenvalue weighted by Gasteiger charge is 2.13. The summed E-state index contributed by atoms with van der Waals surface area (Å²) in [6.45, 7) is 4.49. The van der Waals surface area contributed by atoms with Crippen LogP contribution in [0.25, 0.3) is 0 Å². The van der Waals surface area contributed by atoms with Gasteiger partial charge < -0.3 is 4.74 Å². The number of methoxy groups -OCH3 is 1. The molecule has 2 rings (SSSR count). The first-order valence-corrected chi connectivity index (χ1v) is 8.31. The number of halogens is 1. The highest BCUT2D eigenvalue weighted by molar-refractivity contribution is 9.09. The molecular weight excluding hydrogens is 320 g/mol. The molecule has 0 spiro atoms. The van der Waals surface area contributed by atoms with Gasteiger partial charge in [0.15, 0.2) is 0 Å². The molecule has 19 heavy (non-hydrogen) atoms. The summed E-state index contributed by atoms with van der Waals surface area (Å²) >= 11 is 5.49. The van der Waals surface area contributed by atoms with Gasteiger partial charge in [0.25, 0.3) is 0 Å². The second-order valence-corrected chi connectivity index (χ2v) is 6.59. The molecule has 0 saturated heterocycles. The highest BCUT2D eigenvalue weighted by Crippen LogP contribution is 2.37. The van der Waals surface area contributed by atoms with Crippen LogP contribution in [0, 0.1) is 0 Å². The van der Waals surface area contributed by atoms with Crippen molar-refractivity contribution < 1.29 is 4.74 Å². The fraction of sp³-hybridized carbons (Fsp3) is 0.375. The van der Waals surface area contributed by atoms with E-state index in [1.54, 1.807) is 18.4 Å². The van der Waals surface area contributed by atoms with Crippen molar-refractivity contribution in [3.8, 4) is 5.75 Å². The van der Waals surface area contributed by atoms with Gasteiger partial charge in [-0.05, 0) is 29.5 Å².